The van der Waals surface area contributed by atoms with Crippen LogP contribution in [0.5, 0.6) is 0 Å². The van der Waals surface area contributed by atoms with E-state index in [-0.39, 0.29) is 18.2 Å². The van der Waals surface area contributed by atoms with Gasteiger partial charge in [0.1, 0.15) is 11.3 Å². The van der Waals surface area contributed by atoms with Gasteiger partial charge >= 0.3 is 12.1 Å². The molecule has 122 valence electrons. The van der Waals surface area contributed by atoms with Crippen LogP contribution in [0.25, 0.3) is 0 Å². The topological polar surface area (TPSA) is 82.8 Å². The number of hydrogen-bond donors (Lipinski definition) is 0. The predicted octanol–water partition coefficient (Wildman–Crippen LogP) is 2.56. The smallest absolute Gasteiger partial charge is 0.434 e. The Kier molecular flexibility index (Phi) is 5.84. The minimum Gasteiger partial charge on any atom is -0.465 e. The monoisotopic (exact) mass is 309 g/mol. The molecule has 0 spiro atoms. The van der Waals surface area contributed by atoms with Gasteiger partial charge in [0, 0.05) is 18.7 Å². The van der Waals surface area contributed by atoms with E-state index in [0.29, 0.717) is 0 Å². The fraction of sp³-hybridized carbons (Fsp3) is 0.600. The Hall–Kier alpha value is -2.18. The maximum Gasteiger partial charge on any atom is 0.434 e. The fourth-order valence-corrected chi connectivity index (χ4v) is 1.61. The van der Waals surface area contributed by atoms with E-state index in [9.17, 15) is 9.59 Å². The Labute approximate surface area is 130 Å². The summed E-state index contributed by atoms with van der Waals surface area (Å²) in [6.07, 6.45) is 2.77. The first kappa shape index (κ1) is 17.9. The zero-order valence-corrected chi connectivity index (χ0v) is 13.9. The van der Waals surface area contributed by atoms with E-state index in [1.807, 2.05) is 13.8 Å². The Morgan fingerprint density at radius 1 is 1.36 bits per heavy atom. The van der Waals surface area contributed by atoms with E-state index in [1.54, 1.807) is 37.8 Å². The lowest BCUT2D eigenvalue weighted by Gasteiger charge is -2.17. The van der Waals surface area contributed by atoms with E-state index in [1.165, 1.54) is 7.11 Å². The van der Waals surface area contributed by atoms with Gasteiger partial charge in [-0.1, -0.05) is 0 Å². The zero-order chi connectivity index (χ0) is 16.9. The number of methoxy groups -OCH3 is 1. The van der Waals surface area contributed by atoms with Crippen molar-refractivity contribution in [2.45, 2.75) is 52.7 Å². The third-order valence-electron chi connectivity index (χ3n) is 2.60. The maximum atomic E-state index is 11.8. The molecule has 22 heavy (non-hydrogen) atoms. The summed E-state index contributed by atoms with van der Waals surface area (Å²) in [6.45, 7) is 9.17. The van der Waals surface area contributed by atoms with Gasteiger partial charge in [-0.05, 0) is 40.2 Å². The third-order valence-corrected chi connectivity index (χ3v) is 2.60. The average Bonchev–Trinajstić information content (AvgIpc) is 2.83. The van der Waals surface area contributed by atoms with Crippen molar-refractivity contribution < 1.29 is 19.1 Å². The van der Waals surface area contributed by atoms with Crippen molar-refractivity contribution in [3.05, 3.63) is 18.0 Å². The summed E-state index contributed by atoms with van der Waals surface area (Å²) in [7, 11) is 1.24. The highest BCUT2D eigenvalue weighted by atomic mass is 16.6. The molecule has 0 N–H and O–H groups in total. The second-order valence-corrected chi connectivity index (χ2v) is 6.13. The van der Waals surface area contributed by atoms with E-state index in [0.717, 1.165) is 5.56 Å². The molecule has 1 heterocycles. The van der Waals surface area contributed by atoms with Crippen LogP contribution in [0.2, 0.25) is 0 Å². The highest BCUT2D eigenvalue weighted by molar-refractivity contribution is 6.38. The zero-order valence-electron chi connectivity index (χ0n) is 13.9. The van der Waals surface area contributed by atoms with E-state index in [2.05, 4.69) is 14.8 Å². The number of ether oxygens (including phenoxy) is 2. The SMILES string of the molecule is COC(=O)C(Cc1cnn(C(C)C)c1)=NC(=O)OC(C)(C)C. The second-order valence-electron chi connectivity index (χ2n) is 6.13. The lowest BCUT2D eigenvalue weighted by molar-refractivity contribution is -0.132. The minimum absolute atomic E-state index is 0.0138. The molecule has 7 nitrogen and oxygen atoms in total. The van der Waals surface area contributed by atoms with Crippen LogP contribution in [0, 0.1) is 0 Å². The van der Waals surface area contributed by atoms with Crippen LogP contribution >= 0.6 is 0 Å². The van der Waals surface area contributed by atoms with Gasteiger partial charge in [0.25, 0.3) is 0 Å². The van der Waals surface area contributed by atoms with Gasteiger partial charge in [0.05, 0.1) is 13.3 Å². The Morgan fingerprint density at radius 3 is 2.45 bits per heavy atom. The molecule has 0 aliphatic carbocycles. The van der Waals surface area contributed by atoms with Gasteiger partial charge in [0.15, 0.2) is 0 Å². The van der Waals surface area contributed by atoms with Crippen molar-refractivity contribution >= 4 is 17.8 Å². The first-order chi connectivity index (χ1) is 10.1. The summed E-state index contributed by atoms with van der Waals surface area (Å²) in [4.78, 5) is 27.3. The number of esters is 1. The van der Waals surface area contributed by atoms with Crippen LogP contribution in [0.1, 0.15) is 46.2 Å². The van der Waals surface area contributed by atoms with Gasteiger partial charge in [-0.15, -0.1) is 0 Å². The molecule has 0 fully saturated rings. The van der Waals surface area contributed by atoms with Gasteiger partial charge in [0.2, 0.25) is 0 Å². The summed E-state index contributed by atoms with van der Waals surface area (Å²) in [5.74, 6) is -0.664. The van der Waals surface area contributed by atoms with Crippen molar-refractivity contribution in [2.24, 2.45) is 4.99 Å². The Balaban J connectivity index is 2.93. The molecule has 0 aromatic carbocycles. The largest absolute Gasteiger partial charge is 0.465 e. The number of amides is 1. The molecule has 1 rings (SSSR count). The molecular formula is C15H23N3O4. The number of carbonyl (C=O) groups is 2. The Morgan fingerprint density at radius 2 is 2.00 bits per heavy atom. The number of aromatic nitrogens is 2. The molecule has 0 bridgehead atoms. The van der Waals surface area contributed by atoms with Crippen LogP contribution in [-0.4, -0.2) is 40.3 Å². The second kappa shape index (κ2) is 7.20. The van der Waals surface area contributed by atoms with E-state index in [4.69, 9.17) is 4.74 Å². The van der Waals surface area contributed by atoms with Crippen molar-refractivity contribution in [3.8, 4) is 0 Å². The van der Waals surface area contributed by atoms with Crippen LogP contribution in [0.4, 0.5) is 4.79 Å². The van der Waals surface area contributed by atoms with E-state index >= 15 is 0 Å². The molecule has 0 aliphatic rings. The van der Waals surface area contributed by atoms with Crippen molar-refractivity contribution in [3.63, 3.8) is 0 Å². The standard InChI is InChI=1S/C15H23N3O4/c1-10(2)18-9-11(8-16-18)7-12(13(19)21-6)17-14(20)22-15(3,4)5/h8-10H,7H2,1-6H3. The van der Waals surface area contributed by atoms with Gasteiger partial charge < -0.3 is 9.47 Å². The molecular weight excluding hydrogens is 286 g/mol. The molecule has 0 unspecified atom stereocenters. The molecule has 0 radical (unpaired) electrons. The van der Waals surface area contributed by atoms with Gasteiger partial charge in [-0.3, -0.25) is 4.68 Å². The highest BCUT2D eigenvalue weighted by Gasteiger charge is 2.20. The normalized spacial score (nSPS) is 12.4. The lowest BCUT2D eigenvalue weighted by Crippen LogP contribution is -2.25. The van der Waals surface area contributed by atoms with Crippen LogP contribution in [0.15, 0.2) is 17.4 Å². The maximum absolute atomic E-state index is 11.8. The summed E-state index contributed by atoms with van der Waals surface area (Å²) in [5, 5.41) is 4.19. The third kappa shape index (κ3) is 5.67. The predicted molar refractivity (Wildman–Crippen MR) is 82.0 cm³/mol. The summed E-state index contributed by atoms with van der Waals surface area (Å²) in [5.41, 5.74) is 0.0751. The molecule has 0 aliphatic heterocycles. The van der Waals surface area contributed by atoms with Gasteiger partial charge in [-0.25, -0.2) is 9.59 Å². The van der Waals surface area contributed by atoms with Crippen LogP contribution in [0.3, 0.4) is 0 Å². The molecule has 0 saturated heterocycles. The quantitative estimate of drug-likeness (QED) is 0.630. The summed E-state index contributed by atoms with van der Waals surface area (Å²) >= 11 is 0. The highest BCUT2D eigenvalue weighted by Crippen LogP contribution is 2.10. The van der Waals surface area contributed by atoms with Crippen molar-refractivity contribution in [2.75, 3.05) is 7.11 Å². The molecule has 1 aromatic rings. The molecule has 1 aromatic heterocycles. The number of rotatable bonds is 4. The van der Waals surface area contributed by atoms with E-state index < -0.39 is 17.7 Å². The molecule has 1 amide bonds. The summed E-state index contributed by atoms with van der Waals surface area (Å²) < 4.78 is 11.5. The summed E-state index contributed by atoms with van der Waals surface area (Å²) in [6, 6.07) is 0.207. The first-order valence-electron chi connectivity index (χ1n) is 7.04. The number of aliphatic imine (C=N–C) groups is 1. The average molecular weight is 309 g/mol. The lowest BCUT2D eigenvalue weighted by atomic mass is 10.1. The number of hydrogen-bond acceptors (Lipinski definition) is 5. The van der Waals surface area contributed by atoms with Crippen molar-refractivity contribution in [1.29, 1.82) is 0 Å². The van der Waals surface area contributed by atoms with Crippen molar-refractivity contribution in [1.82, 2.24) is 9.78 Å². The Bertz CT molecular complexity index is 568. The number of carbonyl (C=O) groups excluding carboxylic acids is 2. The first-order valence-corrected chi connectivity index (χ1v) is 7.04. The van der Waals surface area contributed by atoms with Crippen LogP contribution < -0.4 is 0 Å². The van der Waals surface area contributed by atoms with Gasteiger partial charge in [-0.2, -0.15) is 10.1 Å². The number of nitrogens with zero attached hydrogens (tertiary/aromatic N) is 3. The fourth-order valence-electron chi connectivity index (χ4n) is 1.61. The minimum atomic E-state index is -0.816. The molecule has 0 saturated carbocycles. The van der Waals surface area contributed by atoms with Crippen LogP contribution in [-0.2, 0) is 20.7 Å². The molecule has 0 atom stereocenters. The molecule has 7 heteroatoms.